The summed E-state index contributed by atoms with van der Waals surface area (Å²) in [6.45, 7) is 0. The fourth-order valence-corrected chi connectivity index (χ4v) is 2.80. The predicted octanol–water partition coefficient (Wildman–Crippen LogP) is 2.93. The molecular formula is C18H15F3N4O2. The Morgan fingerprint density at radius 1 is 1.04 bits per heavy atom. The van der Waals surface area contributed by atoms with Gasteiger partial charge in [0.2, 0.25) is 0 Å². The largest absolute Gasteiger partial charge is 0.471 e. The number of para-hydroxylation sites is 2. The highest BCUT2D eigenvalue weighted by Gasteiger charge is 2.39. The molecule has 6 nitrogen and oxygen atoms in total. The van der Waals surface area contributed by atoms with Gasteiger partial charge in [-0.05, 0) is 18.2 Å². The number of nitrogen functional groups attached to an aromatic ring is 1. The van der Waals surface area contributed by atoms with Gasteiger partial charge in [0.15, 0.2) is 0 Å². The average Bonchev–Trinajstić information content (AvgIpc) is 2.85. The molecule has 2 aromatic carbocycles. The van der Waals surface area contributed by atoms with Crippen LogP contribution in [0.2, 0.25) is 0 Å². The highest BCUT2D eigenvalue weighted by molar-refractivity contribution is 5.99. The summed E-state index contributed by atoms with van der Waals surface area (Å²) in [4.78, 5) is 24.0. The van der Waals surface area contributed by atoms with E-state index < -0.39 is 17.6 Å². The Kier molecular flexibility index (Phi) is 4.52. The van der Waals surface area contributed by atoms with Crippen LogP contribution in [0.3, 0.4) is 0 Å². The fraction of sp³-hybridized carbons (Fsp3) is 0.111. The first-order chi connectivity index (χ1) is 12.7. The summed E-state index contributed by atoms with van der Waals surface area (Å²) in [7, 11) is 1.56. The summed E-state index contributed by atoms with van der Waals surface area (Å²) in [5.74, 6) is -2.11. The van der Waals surface area contributed by atoms with Gasteiger partial charge < -0.3 is 11.1 Å². The van der Waals surface area contributed by atoms with E-state index in [1.165, 1.54) is 27.6 Å². The summed E-state index contributed by atoms with van der Waals surface area (Å²) in [6.07, 6.45) is -5.04. The van der Waals surface area contributed by atoms with Crippen molar-refractivity contribution in [2.75, 3.05) is 11.1 Å². The fourth-order valence-electron chi connectivity index (χ4n) is 2.80. The quantitative estimate of drug-likeness (QED) is 0.737. The van der Waals surface area contributed by atoms with E-state index in [9.17, 15) is 22.8 Å². The van der Waals surface area contributed by atoms with E-state index in [1.54, 1.807) is 43.4 Å². The number of hydrogen-bond acceptors (Lipinski definition) is 3. The Morgan fingerprint density at radius 3 is 2.26 bits per heavy atom. The number of nitrogens with zero attached hydrogens (tertiary/aromatic N) is 2. The third-order valence-electron chi connectivity index (χ3n) is 3.99. The molecule has 3 N–H and O–H groups in total. The molecule has 3 rings (SSSR count). The number of rotatable bonds is 3. The second kappa shape index (κ2) is 6.67. The minimum absolute atomic E-state index is 0.104. The zero-order valence-corrected chi connectivity index (χ0v) is 14.1. The summed E-state index contributed by atoms with van der Waals surface area (Å²) in [5.41, 5.74) is 6.14. The Morgan fingerprint density at radius 2 is 1.63 bits per heavy atom. The van der Waals surface area contributed by atoms with Crippen molar-refractivity contribution in [3.8, 4) is 16.9 Å². The van der Waals surface area contributed by atoms with Crippen molar-refractivity contribution in [1.82, 2.24) is 9.36 Å². The number of carbonyl (C=O) groups excluding carboxylic acids is 1. The van der Waals surface area contributed by atoms with Crippen LogP contribution in [0, 0.1) is 0 Å². The highest BCUT2D eigenvalue weighted by Crippen LogP contribution is 2.32. The van der Waals surface area contributed by atoms with Crippen LogP contribution in [-0.2, 0) is 11.8 Å². The number of carbonyl (C=O) groups is 1. The Hall–Kier alpha value is -3.49. The van der Waals surface area contributed by atoms with Crippen molar-refractivity contribution in [3.05, 3.63) is 65.0 Å². The first-order valence-corrected chi connectivity index (χ1v) is 7.82. The van der Waals surface area contributed by atoms with Gasteiger partial charge in [-0.2, -0.15) is 13.2 Å². The van der Waals surface area contributed by atoms with E-state index in [-0.39, 0.29) is 22.6 Å². The molecule has 0 atom stereocenters. The average molecular weight is 376 g/mol. The van der Waals surface area contributed by atoms with Crippen LogP contribution in [0.15, 0.2) is 59.4 Å². The van der Waals surface area contributed by atoms with Gasteiger partial charge in [-0.1, -0.05) is 36.4 Å². The number of alkyl halides is 3. The number of anilines is 2. The van der Waals surface area contributed by atoms with E-state index in [0.717, 1.165) is 0 Å². The number of nitrogens with two attached hydrogens (primary N) is 1. The molecule has 0 aliphatic heterocycles. The zero-order chi connectivity index (χ0) is 19.8. The molecule has 0 aliphatic carbocycles. The van der Waals surface area contributed by atoms with E-state index in [1.807, 2.05) is 5.32 Å². The van der Waals surface area contributed by atoms with Crippen LogP contribution in [0.1, 0.15) is 0 Å². The molecule has 0 saturated heterocycles. The van der Waals surface area contributed by atoms with E-state index in [0.29, 0.717) is 5.69 Å². The van der Waals surface area contributed by atoms with Crippen molar-refractivity contribution in [3.63, 3.8) is 0 Å². The summed E-state index contributed by atoms with van der Waals surface area (Å²) in [5, 5.41) is 1.83. The smallest absolute Gasteiger partial charge is 0.392 e. The van der Waals surface area contributed by atoms with Gasteiger partial charge in [0.05, 0.1) is 17.1 Å². The van der Waals surface area contributed by atoms with Crippen molar-refractivity contribution in [2.24, 2.45) is 7.05 Å². The first kappa shape index (κ1) is 18.3. The zero-order valence-electron chi connectivity index (χ0n) is 14.1. The number of nitrogens with one attached hydrogen (secondary N) is 1. The second-order valence-corrected chi connectivity index (χ2v) is 5.74. The van der Waals surface area contributed by atoms with Gasteiger partial charge in [0, 0.05) is 12.6 Å². The first-order valence-electron chi connectivity index (χ1n) is 7.82. The lowest BCUT2D eigenvalue weighted by atomic mass is 10.1. The standard InChI is InChI=1S/C18H15F3N4O2/c1-24-15(14(22)16(26)25(24)11-7-3-2-4-8-11)12-9-5-6-10-13(12)23-17(27)18(19,20)21/h2-10H,22H2,1H3,(H,23,27). The molecule has 0 aliphatic rings. The third kappa shape index (κ3) is 3.31. The molecule has 1 heterocycles. The van der Waals surface area contributed by atoms with Gasteiger partial charge in [-0.25, -0.2) is 4.68 Å². The molecule has 1 amide bonds. The molecular weight excluding hydrogens is 361 g/mol. The number of benzene rings is 2. The lowest BCUT2D eigenvalue weighted by Gasteiger charge is -2.14. The number of aromatic nitrogens is 2. The molecule has 0 radical (unpaired) electrons. The molecule has 3 aromatic rings. The molecule has 0 bridgehead atoms. The van der Waals surface area contributed by atoms with Crippen LogP contribution in [0.5, 0.6) is 0 Å². The van der Waals surface area contributed by atoms with Crippen LogP contribution in [0.4, 0.5) is 24.5 Å². The van der Waals surface area contributed by atoms with Crippen LogP contribution >= 0.6 is 0 Å². The maximum atomic E-state index is 12.6. The Labute approximate surface area is 151 Å². The maximum Gasteiger partial charge on any atom is 0.471 e. The lowest BCUT2D eigenvalue weighted by Crippen LogP contribution is -2.30. The summed E-state index contributed by atoms with van der Waals surface area (Å²) in [6, 6.07) is 14.5. The topological polar surface area (TPSA) is 82.1 Å². The lowest BCUT2D eigenvalue weighted by molar-refractivity contribution is -0.167. The summed E-state index contributed by atoms with van der Waals surface area (Å²) >= 11 is 0. The van der Waals surface area contributed by atoms with E-state index in [2.05, 4.69) is 0 Å². The molecule has 0 unspecified atom stereocenters. The highest BCUT2D eigenvalue weighted by atomic mass is 19.4. The second-order valence-electron chi connectivity index (χ2n) is 5.74. The molecule has 0 fully saturated rings. The third-order valence-corrected chi connectivity index (χ3v) is 3.99. The Bertz CT molecular complexity index is 1050. The number of halogens is 3. The molecule has 1 aromatic heterocycles. The molecule has 27 heavy (non-hydrogen) atoms. The van der Waals surface area contributed by atoms with Crippen LogP contribution in [0.25, 0.3) is 16.9 Å². The normalized spacial score (nSPS) is 11.4. The van der Waals surface area contributed by atoms with E-state index in [4.69, 9.17) is 5.73 Å². The van der Waals surface area contributed by atoms with Crippen molar-refractivity contribution in [2.45, 2.75) is 6.18 Å². The van der Waals surface area contributed by atoms with Gasteiger partial charge in [0.1, 0.15) is 5.69 Å². The molecule has 9 heteroatoms. The van der Waals surface area contributed by atoms with Gasteiger partial charge in [-0.3, -0.25) is 14.3 Å². The van der Waals surface area contributed by atoms with Gasteiger partial charge in [-0.15, -0.1) is 0 Å². The molecule has 0 saturated carbocycles. The molecule has 0 spiro atoms. The van der Waals surface area contributed by atoms with E-state index >= 15 is 0 Å². The van der Waals surface area contributed by atoms with Crippen molar-refractivity contribution in [1.29, 1.82) is 0 Å². The minimum atomic E-state index is -5.04. The minimum Gasteiger partial charge on any atom is -0.392 e. The molecule has 140 valence electrons. The maximum absolute atomic E-state index is 12.6. The van der Waals surface area contributed by atoms with Crippen LogP contribution < -0.4 is 16.6 Å². The van der Waals surface area contributed by atoms with Crippen molar-refractivity contribution >= 4 is 17.3 Å². The Balaban J connectivity index is 2.17. The summed E-state index contributed by atoms with van der Waals surface area (Å²) < 4.78 is 40.6. The number of amides is 1. The number of hydrogen-bond donors (Lipinski definition) is 2. The van der Waals surface area contributed by atoms with Gasteiger partial charge >= 0.3 is 12.1 Å². The monoisotopic (exact) mass is 376 g/mol. The van der Waals surface area contributed by atoms with Crippen LogP contribution in [-0.4, -0.2) is 21.4 Å². The van der Waals surface area contributed by atoms with Gasteiger partial charge in [0.25, 0.3) is 5.56 Å². The van der Waals surface area contributed by atoms with Crippen molar-refractivity contribution < 1.29 is 18.0 Å². The SMILES string of the molecule is Cn1c(-c2ccccc2NC(=O)C(F)(F)F)c(N)c(=O)n1-c1ccccc1. The predicted molar refractivity (Wildman–Crippen MR) is 95.5 cm³/mol.